The monoisotopic (exact) mass is 363 g/mol. The van der Waals surface area contributed by atoms with Gasteiger partial charge in [-0.3, -0.25) is 0 Å². The number of carbonyl (C=O) groups is 1. The van der Waals surface area contributed by atoms with Crippen LogP contribution in [0.15, 0.2) is 30.3 Å². The zero-order chi connectivity index (χ0) is 19.0. The number of ether oxygens (including phenoxy) is 3. The number of hydrogen-bond donors (Lipinski definition) is 0. The molecule has 1 saturated heterocycles. The number of anilines is 1. The number of carbonyl (C=O) groups excluding carboxylic acids is 1. The minimum atomic E-state index is -0.899. The normalized spacial score (nSPS) is 21.6. The molecule has 0 spiro atoms. The van der Waals surface area contributed by atoms with Gasteiger partial charge < -0.3 is 19.1 Å². The lowest BCUT2D eigenvalue weighted by atomic mass is 9.80. The van der Waals surface area contributed by atoms with Crippen LogP contribution in [0.4, 0.5) is 5.69 Å². The minimum Gasteiger partial charge on any atom is -0.492 e. The van der Waals surface area contributed by atoms with E-state index in [1.54, 1.807) is 0 Å². The van der Waals surface area contributed by atoms with Crippen molar-refractivity contribution >= 4 is 36.4 Å². The number of fused-ring (bicyclic) bond motifs is 3. The fourth-order valence-electron chi connectivity index (χ4n) is 3.71. The molecule has 5 nitrogen and oxygen atoms in total. The van der Waals surface area contributed by atoms with Crippen LogP contribution in [0.2, 0.25) is 0 Å². The van der Waals surface area contributed by atoms with E-state index < -0.39 is 5.50 Å². The Morgan fingerprint density at radius 1 is 1.26 bits per heavy atom. The van der Waals surface area contributed by atoms with Gasteiger partial charge in [-0.15, -0.1) is 0 Å². The summed E-state index contributed by atoms with van der Waals surface area (Å²) in [6, 6.07) is 7.74. The first-order valence-corrected chi connectivity index (χ1v) is 9.27. The second kappa shape index (κ2) is 6.93. The smallest absolute Gasteiger partial charge is 0.340 e. The van der Waals surface area contributed by atoms with Gasteiger partial charge in [-0.1, -0.05) is 36.4 Å². The van der Waals surface area contributed by atoms with E-state index in [1.165, 1.54) is 0 Å². The maximum atomic E-state index is 13.0. The van der Waals surface area contributed by atoms with Gasteiger partial charge in [0.25, 0.3) is 0 Å². The minimum absolute atomic E-state index is 0.319. The van der Waals surface area contributed by atoms with Gasteiger partial charge in [-0.2, -0.15) is 0 Å². The molecule has 138 valence electrons. The molecule has 2 radical (unpaired) electrons. The third-order valence-corrected chi connectivity index (χ3v) is 4.89. The molecule has 0 aliphatic carbocycles. The van der Waals surface area contributed by atoms with E-state index in [2.05, 4.69) is 4.90 Å². The Bertz CT molecular complexity index is 916. The number of esters is 1. The van der Waals surface area contributed by atoms with E-state index in [0.717, 1.165) is 22.0 Å². The van der Waals surface area contributed by atoms with Crippen molar-refractivity contribution in [1.29, 1.82) is 0 Å². The molecule has 0 saturated carbocycles. The number of hydrogen-bond acceptors (Lipinski definition) is 5. The standard InChI is InChI=1S/C21H22BNO4/c1-3-26-20(24)17-14-6-4-5-7-15(14)19-16(8-9-21(2,22)27-19)18(17)23-10-12-25-13-11-23/h4-9H,3,10-13H2,1-2H3. The molecule has 2 aliphatic heterocycles. The first-order valence-electron chi connectivity index (χ1n) is 9.27. The second-order valence-corrected chi connectivity index (χ2v) is 6.95. The summed E-state index contributed by atoms with van der Waals surface area (Å²) in [5, 5.41) is 1.66. The Balaban J connectivity index is 2.05. The molecular weight excluding hydrogens is 341 g/mol. The molecule has 0 bridgehead atoms. The molecule has 1 atom stereocenters. The molecule has 0 aromatic heterocycles. The lowest BCUT2D eigenvalue weighted by molar-refractivity contribution is 0.0528. The number of nitrogens with zero attached hydrogens (tertiary/aromatic N) is 1. The summed E-state index contributed by atoms with van der Waals surface area (Å²) in [6.45, 7) is 6.58. The van der Waals surface area contributed by atoms with Gasteiger partial charge in [0.05, 0.1) is 36.6 Å². The predicted octanol–water partition coefficient (Wildman–Crippen LogP) is 3.14. The van der Waals surface area contributed by atoms with Crippen molar-refractivity contribution in [3.05, 3.63) is 41.5 Å². The summed E-state index contributed by atoms with van der Waals surface area (Å²) >= 11 is 0. The summed E-state index contributed by atoms with van der Waals surface area (Å²) in [4.78, 5) is 15.1. The van der Waals surface area contributed by atoms with Crippen molar-refractivity contribution in [2.75, 3.05) is 37.8 Å². The Labute approximate surface area is 160 Å². The third-order valence-electron chi connectivity index (χ3n) is 4.89. The largest absolute Gasteiger partial charge is 0.492 e. The Kier molecular flexibility index (Phi) is 4.60. The molecule has 2 aromatic rings. The van der Waals surface area contributed by atoms with Crippen molar-refractivity contribution in [3.63, 3.8) is 0 Å². The highest BCUT2D eigenvalue weighted by Gasteiger charge is 2.32. The van der Waals surface area contributed by atoms with Crippen LogP contribution in [0, 0.1) is 0 Å². The van der Waals surface area contributed by atoms with Crippen molar-refractivity contribution in [1.82, 2.24) is 0 Å². The Morgan fingerprint density at radius 2 is 1.96 bits per heavy atom. The summed E-state index contributed by atoms with van der Waals surface area (Å²) < 4.78 is 17.1. The molecule has 2 heterocycles. The molecule has 27 heavy (non-hydrogen) atoms. The molecule has 0 amide bonds. The van der Waals surface area contributed by atoms with Gasteiger partial charge in [-0.25, -0.2) is 4.79 Å². The van der Waals surface area contributed by atoms with E-state index in [9.17, 15) is 4.79 Å². The van der Waals surface area contributed by atoms with Gasteiger partial charge >= 0.3 is 5.97 Å². The molecule has 4 rings (SSSR count). The van der Waals surface area contributed by atoms with E-state index in [0.29, 0.717) is 44.2 Å². The fraction of sp³-hybridized carbons (Fsp3) is 0.381. The first kappa shape index (κ1) is 17.9. The average Bonchev–Trinajstić information content (AvgIpc) is 2.67. The van der Waals surface area contributed by atoms with Gasteiger partial charge in [-0.05, 0) is 13.8 Å². The molecule has 2 aromatic carbocycles. The SMILES string of the molecule is [B]C1(C)C=Cc2c(N3CCOCC3)c(C(=O)OCC)c3ccccc3c2O1. The second-order valence-electron chi connectivity index (χ2n) is 6.95. The summed E-state index contributed by atoms with van der Waals surface area (Å²) in [6.07, 6.45) is 3.78. The van der Waals surface area contributed by atoms with E-state index in [-0.39, 0.29) is 5.97 Å². The lowest BCUT2D eigenvalue weighted by Crippen LogP contribution is -2.39. The van der Waals surface area contributed by atoms with Crippen LogP contribution in [0.25, 0.3) is 16.8 Å². The van der Waals surface area contributed by atoms with Crippen LogP contribution >= 0.6 is 0 Å². The fourth-order valence-corrected chi connectivity index (χ4v) is 3.71. The van der Waals surface area contributed by atoms with Gasteiger partial charge in [0.15, 0.2) is 0 Å². The van der Waals surface area contributed by atoms with Gasteiger partial charge in [0.1, 0.15) is 13.6 Å². The van der Waals surface area contributed by atoms with Crippen molar-refractivity contribution < 1.29 is 19.0 Å². The molecule has 2 aliphatic rings. The summed E-state index contributed by atoms with van der Waals surface area (Å²) in [7, 11) is 6.22. The van der Waals surface area contributed by atoms with E-state index in [4.69, 9.17) is 22.1 Å². The third kappa shape index (κ3) is 3.19. The maximum Gasteiger partial charge on any atom is 0.340 e. The Morgan fingerprint density at radius 3 is 2.67 bits per heavy atom. The molecule has 0 N–H and O–H groups in total. The van der Waals surface area contributed by atoms with Crippen LogP contribution in [0.3, 0.4) is 0 Å². The zero-order valence-corrected chi connectivity index (χ0v) is 15.7. The van der Waals surface area contributed by atoms with Crippen LogP contribution in [-0.2, 0) is 9.47 Å². The van der Waals surface area contributed by atoms with E-state index >= 15 is 0 Å². The van der Waals surface area contributed by atoms with Crippen molar-refractivity contribution in [2.24, 2.45) is 0 Å². The van der Waals surface area contributed by atoms with Crippen molar-refractivity contribution in [3.8, 4) is 5.75 Å². The highest BCUT2D eigenvalue weighted by atomic mass is 16.5. The summed E-state index contributed by atoms with van der Waals surface area (Å²) in [5.74, 6) is 0.375. The number of rotatable bonds is 3. The van der Waals surface area contributed by atoms with Crippen molar-refractivity contribution in [2.45, 2.75) is 19.3 Å². The number of morpholine rings is 1. The highest BCUT2D eigenvalue weighted by molar-refractivity contribution is 6.18. The van der Waals surface area contributed by atoms with Crippen LogP contribution in [0.1, 0.15) is 29.8 Å². The lowest BCUT2D eigenvalue weighted by Gasteiger charge is -2.36. The highest BCUT2D eigenvalue weighted by Crippen LogP contribution is 2.45. The molecule has 6 heteroatoms. The van der Waals surface area contributed by atoms with Gasteiger partial charge in [0, 0.05) is 29.4 Å². The quantitative estimate of drug-likeness (QED) is 0.620. The van der Waals surface area contributed by atoms with E-state index in [1.807, 2.05) is 50.3 Å². The van der Waals surface area contributed by atoms with Crippen LogP contribution in [-0.4, -0.2) is 52.2 Å². The Hall–Kier alpha value is -2.47. The average molecular weight is 363 g/mol. The summed E-state index contributed by atoms with van der Waals surface area (Å²) in [5.41, 5.74) is 1.37. The zero-order valence-electron chi connectivity index (χ0n) is 15.7. The molecule has 1 fully saturated rings. The maximum absolute atomic E-state index is 13.0. The topological polar surface area (TPSA) is 48.0 Å². The van der Waals surface area contributed by atoms with Gasteiger partial charge in [0.2, 0.25) is 0 Å². The predicted molar refractivity (Wildman–Crippen MR) is 107 cm³/mol. The first-order chi connectivity index (χ1) is 13.0. The van der Waals surface area contributed by atoms with Crippen LogP contribution < -0.4 is 9.64 Å². The number of benzene rings is 2. The molecular formula is C21H22BNO4. The van der Waals surface area contributed by atoms with Crippen LogP contribution in [0.5, 0.6) is 5.75 Å². The molecule has 1 unspecified atom stereocenters.